The van der Waals surface area contributed by atoms with Crippen LogP contribution in [0.3, 0.4) is 0 Å². The van der Waals surface area contributed by atoms with Crippen LogP contribution >= 0.6 is 0 Å². The fourth-order valence-corrected chi connectivity index (χ4v) is 2.72. The first kappa shape index (κ1) is 12.7. The van der Waals surface area contributed by atoms with Crippen LogP contribution in [0, 0.1) is 0 Å². The third kappa shape index (κ3) is 2.16. The van der Waals surface area contributed by atoms with Gasteiger partial charge in [-0.05, 0) is 6.07 Å². The summed E-state index contributed by atoms with van der Waals surface area (Å²) in [4.78, 5) is 5.76. The fraction of sp³-hybridized carbons (Fsp3) is 0.583. The van der Waals surface area contributed by atoms with Gasteiger partial charge in [0.25, 0.3) is 0 Å². The Morgan fingerprint density at radius 3 is 2.89 bits per heavy atom. The second-order valence-electron chi connectivity index (χ2n) is 4.89. The number of piperazine rings is 1. The lowest BCUT2D eigenvalue weighted by Crippen LogP contribution is -2.54. The summed E-state index contributed by atoms with van der Waals surface area (Å²) in [5.41, 5.74) is -0.824. The van der Waals surface area contributed by atoms with Crippen molar-refractivity contribution in [2.24, 2.45) is 0 Å². The minimum absolute atomic E-state index is 0.0273. The number of aromatic nitrogens is 1. The molecule has 3 heterocycles. The molecule has 0 aliphatic carbocycles. The van der Waals surface area contributed by atoms with Gasteiger partial charge < -0.3 is 10.2 Å². The van der Waals surface area contributed by atoms with Crippen molar-refractivity contribution in [1.29, 1.82) is 0 Å². The molecule has 3 nitrogen and oxygen atoms in total. The summed E-state index contributed by atoms with van der Waals surface area (Å²) in [6, 6.07) is 0.867. The van der Waals surface area contributed by atoms with Gasteiger partial charge in [-0.25, -0.2) is 9.37 Å². The molecule has 19 heavy (non-hydrogen) atoms. The van der Waals surface area contributed by atoms with E-state index in [-0.39, 0.29) is 18.0 Å². The first-order valence-electron chi connectivity index (χ1n) is 6.15. The van der Waals surface area contributed by atoms with E-state index in [2.05, 4.69) is 10.3 Å². The number of hydrogen-bond acceptors (Lipinski definition) is 3. The monoisotopic (exact) mass is 275 g/mol. The zero-order chi connectivity index (χ0) is 13.6. The van der Waals surface area contributed by atoms with E-state index in [9.17, 15) is 17.6 Å². The summed E-state index contributed by atoms with van der Waals surface area (Å²) in [5, 5.41) is 3.15. The minimum atomic E-state index is -4.48. The third-order valence-corrected chi connectivity index (χ3v) is 3.66. The van der Waals surface area contributed by atoms with Crippen molar-refractivity contribution < 1.29 is 17.6 Å². The highest BCUT2D eigenvalue weighted by atomic mass is 19.4. The maximum absolute atomic E-state index is 14.1. The SMILES string of the molecule is F[C@H]1C[C@H]2CNCCN2c2ncc(C(F)(F)F)cc21. The molecule has 0 amide bonds. The van der Waals surface area contributed by atoms with Crippen LogP contribution in [0.15, 0.2) is 12.3 Å². The van der Waals surface area contributed by atoms with Crippen molar-refractivity contribution in [3.8, 4) is 0 Å². The Balaban J connectivity index is 2.02. The van der Waals surface area contributed by atoms with Gasteiger partial charge in [0.2, 0.25) is 0 Å². The van der Waals surface area contributed by atoms with Crippen molar-refractivity contribution in [3.05, 3.63) is 23.4 Å². The normalized spacial score (nSPS) is 26.8. The molecular formula is C12H13F4N3. The molecule has 1 N–H and O–H groups in total. The average Bonchev–Trinajstić information content (AvgIpc) is 2.37. The molecule has 0 radical (unpaired) electrons. The Hall–Kier alpha value is -1.37. The van der Waals surface area contributed by atoms with Gasteiger partial charge in [-0.15, -0.1) is 0 Å². The lowest BCUT2D eigenvalue weighted by molar-refractivity contribution is -0.137. The molecule has 2 aliphatic rings. The van der Waals surface area contributed by atoms with Gasteiger partial charge in [0.1, 0.15) is 12.0 Å². The highest BCUT2D eigenvalue weighted by molar-refractivity contribution is 5.53. The standard InChI is InChI=1S/C12H13F4N3/c13-10-4-8-6-17-1-2-19(8)11-9(10)3-7(5-18-11)12(14,15)16/h3,5,8,10,17H,1-2,4,6H2/t8-,10-/m0/s1. The lowest BCUT2D eigenvalue weighted by atomic mass is 9.94. The van der Waals surface area contributed by atoms with E-state index in [0.29, 0.717) is 18.9 Å². The molecule has 1 aromatic rings. The molecule has 0 aromatic carbocycles. The van der Waals surface area contributed by atoms with E-state index in [0.717, 1.165) is 18.8 Å². The molecule has 1 saturated heterocycles. The number of rotatable bonds is 0. The van der Waals surface area contributed by atoms with Crippen molar-refractivity contribution in [2.45, 2.75) is 24.8 Å². The molecule has 1 aromatic heterocycles. The van der Waals surface area contributed by atoms with E-state index in [1.54, 1.807) is 0 Å². The first-order chi connectivity index (χ1) is 8.97. The summed E-state index contributed by atoms with van der Waals surface area (Å²) < 4.78 is 51.9. The molecular weight excluding hydrogens is 262 g/mol. The molecule has 1 fully saturated rings. The van der Waals surface area contributed by atoms with Crippen molar-refractivity contribution in [3.63, 3.8) is 0 Å². The highest BCUT2D eigenvalue weighted by Crippen LogP contribution is 2.41. The molecule has 0 bridgehead atoms. The quantitative estimate of drug-likeness (QED) is 0.736. The van der Waals surface area contributed by atoms with Crippen LogP contribution in [0.25, 0.3) is 0 Å². The average molecular weight is 275 g/mol. The molecule has 2 atom stereocenters. The third-order valence-electron chi connectivity index (χ3n) is 3.66. The Bertz CT molecular complexity index is 488. The Morgan fingerprint density at radius 1 is 1.37 bits per heavy atom. The van der Waals surface area contributed by atoms with Gasteiger partial charge in [0.15, 0.2) is 0 Å². The summed E-state index contributed by atoms with van der Waals surface area (Å²) in [6.45, 7) is 2.01. The van der Waals surface area contributed by atoms with Crippen molar-refractivity contribution in [2.75, 3.05) is 24.5 Å². The number of pyridine rings is 1. The number of nitrogens with one attached hydrogen (secondary N) is 1. The summed E-state index contributed by atoms with van der Waals surface area (Å²) in [7, 11) is 0. The lowest BCUT2D eigenvalue weighted by Gasteiger charge is -2.42. The van der Waals surface area contributed by atoms with E-state index < -0.39 is 17.9 Å². The van der Waals surface area contributed by atoms with Crippen LogP contribution in [0.2, 0.25) is 0 Å². The second kappa shape index (κ2) is 4.33. The van der Waals surface area contributed by atoms with Crippen LogP contribution in [0.5, 0.6) is 0 Å². The number of alkyl halides is 4. The maximum Gasteiger partial charge on any atom is 0.417 e. The number of nitrogens with zero attached hydrogens (tertiary/aromatic N) is 2. The summed E-state index contributed by atoms with van der Waals surface area (Å²) in [5.74, 6) is 0.359. The van der Waals surface area contributed by atoms with Gasteiger partial charge in [-0.2, -0.15) is 13.2 Å². The van der Waals surface area contributed by atoms with Gasteiger partial charge in [-0.3, -0.25) is 0 Å². The Morgan fingerprint density at radius 2 is 2.16 bits per heavy atom. The first-order valence-corrected chi connectivity index (χ1v) is 6.15. The second-order valence-corrected chi connectivity index (χ2v) is 4.89. The predicted octanol–water partition coefficient (Wildman–Crippen LogP) is 2.29. The minimum Gasteiger partial charge on any atom is -0.351 e. The van der Waals surface area contributed by atoms with Gasteiger partial charge in [0.05, 0.1) is 5.56 Å². The van der Waals surface area contributed by atoms with E-state index in [4.69, 9.17) is 0 Å². The largest absolute Gasteiger partial charge is 0.417 e. The summed E-state index contributed by atoms with van der Waals surface area (Å²) in [6.07, 6.45) is -4.87. The maximum atomic E-state index is 14.1. The van der Waals surface area contributed by atoms with Gasteiger partial charge in [-0.1, -0.05) is 0 Å². The molecule has 104 valence electrons. The molecule has 0 unspecified atom stereocenters. The Kier molecular flexibility index (Phi) is 2.88. The highest BCUT2D eigenvalue weighted by Gasteiger charge is 2.38. The zero-order valence-electron chi connectivity index (χ0n) is 10.0. The molecule has 0 saturated carbocycles. The van der Waals surface area contributed by atoms with Crippen LogP contribution in [0.4, 0.5) is 23.4 Å². The van der Waals surface area contributed by atoms with Crippen molar-refractivity contribution in [1.82, 2.24) is 10.3 Å². The zero-order valence-corrected chi connectivity index (χ0v) is 10.0. The summed E-state index contributed by atoms with van der Waals surface area (Å²) >= 11 is 0. The van der Waals surface area contributed by atoms with E-state index >= 15 is 0 Å². The van der Waals surface area contributed by atoms with Crippen molar-refractivity contribution >= 4 is 5.82 Å². The number of anilines is 1. The molecule has 3 rings (SSSR count). The van der Waals surface area contributed by atoms with Crippen LogP contribution < -0.4 is 10.2 Å². The van der Waals surface area contributed by atoms with Crippen LogP contribution in [-0.2, 0) is 6.18 Å². The molecule has 7 heteroatoms. The van der Waals surface area contributed by atoms with E-state index in [1.807, 2.05) is 4.90 Å². The van der Waals surface area contributed by atoms with E-state index in [1.165, 1.54) is 0 Å². The smallest absolute Gasteiger partial charge is 0.351 e. The number of hydrogen-bond donors (Lipinski definition) is 1. The number of halogens is 4. The topological polar surface area (TPSA) is 28.2 Å². The Labute approximate surface area is 107 Å². The van der Waals surface area contributed by atoms with Crippen LogP contribution in [-0.4, -0.2) is 30.7 Å². The fourth-order valence-electron chi connectivity index (χ4n) is 2.72. The molecule has 2 aliphatic heterocycles. The number of fused-ring (bicyclic) bond motifs is 3. The van der Waals surface area contributed by atoms with Gasteiger partial charge >= 0.3 is 6.18 Å². The van der Waals surface area contributed by atoms with Crippen LogP contribution in [0.1, 0.15) is 23.7 Å². The van der Waals surface area contributed by atoms with Gasteiger partial charge in [0, 0.05) is 43.9 Å². The predicted molar refractivity (Wildman–Crippen MR) is 61.7 cm³/mol. The molecule has 0 spiro atoms.